The van der Waals surface area contributed by atoms with E-state index in [1.807, 2.05) is 66.2 Å². The van der Waals surface area contributed by atoms with E-state index in [0.717, 1.165) is 28.4 Å². The molecule has 0 radical (unpaired) electrons. The number of benzene rings is 2. The van der Waals surface area contributed by atoms with Gasteiger partial charge >= 0.3 is 0 Å². The molecule has 1 aromatic heterocycles. The van der Waals surface area contributed by atoms with E-state index in [1.54, 1.807) is 0 Å². The van der Waals surface area contributed by atoms with Gasteiger partial charge in [-0.05, 0) is 31.2 Å². The van der Waals surface area contributed by atoms with Crippen molar-refractivity contribution >= 4 is 0 Å². The van der Waals surface area contributed by atoms with E-state index >= 15 is 0 Å². The summed E-state index contributed by atoms with van der Waals surface area (Å²) in [5, 5.41) is 8.46. The maximum Gasteiger partial charge on any atom is 0.119 e. The van der Waals surface area contributed by atoms with Gasteiger partial charge in [0.1, 0.15) is 11.4 Å². The van der Waals surface area contributed by atoms with Crippen LogP contribution in [0.5, 0.6) is 5.75 Å². The van der Waals surface area contributed by atoms with Gasteiger partial charge in [-0.15, -0.1) is 5.10 Å². The molecule has 3 aromatic rings. The van der Waals surface area contributed by atoms with Crippen LogP contribution in [0.3, 0.4) is 0 Å². The van der Waals surface area contributed by atoms with Crippen molar-refractivity contribution < 1.29 is 4.74 Å². The van der Waals surface area contributed by atoms with E-state index < -0.39 is 0 Å². The van der Waals surface area contributed by atoms with Gasteiger partial charge in [-0.1, -0.05) is 35.5 Å². The lowest BCUT2D eigenvalue weighted by Crippen LogP contribution is -2.02. The summed E-state index contributed by atoms with van der Waals surface area (Å²) in [6.45, 7) is 2.96. The Kier molecular flexibility index (Phi) is 4.16. The first-order chi connectivity index (χ1) is 10.8. The van der Waals surface area contributed by atoms with Crippen molar-refractivity contribution in [2.45, 2.75) is 13.5 Å². The highest BCUT2D eigenvalue weighted by Crippen LogP contribution is 2.25. The highest BCUT2D eigenvalue weighted by Gasteiger charge is 2.15. The largest absolute Gasteiger partial charge is 0.494 e. The SMILES string of the molecule is CCOc1ccc(-n2nnc(CN)c2-c2ccccc2)cc1. The molecule has 112 valence electrons. The minimum absolute atomic E-state index is 0.348. The maximum atomic E-state index is 5.81. The van der Waals surface area contributed by atoms with E-state index in [-0.39, 0.29) is 0 Å². The highest BCUT2D eigenvalue weighted by atomic mass is 16.5. The van der Waals surface area contributed by atoms with Gasteiger partial charge in [0.15, 0.2) is 0 Å². The van der Waals surface area contributed by atoms with Crippen molar-refractivity contribution in [3.8, 4) is 22.7 Å². The van der Waals surface area contributed by atoms with Gasteiger partial charge in [0.25, 0.3) is 0 Å². The molecule has 0 atom stereocenters. The van der Waals surface area contributed by atoms with Crippen molar-refractivity contribution in [2.24, 2.45) is 5.73 Å². The molecule has 0 amide bonds. The second-order valence-corrected chi connectivity index (χ2v) is 4.79. The van der Waals surface area contributed by atoms with E-state index in [0.29, 0.717) is 13.2 Å². The van der Waals surface area contributed by atoms with Crippen LogP contribution in [0.2, 0.25) is 0 Å². The van der Waals surface area contributed by atoms with Crippen molar-refractivity contribution in [3.63, 3.8) is 0 Å². The zero-order valence-corrected chi connectivity index (χ0v) is 12.4. The van der Waals surface area contributed by atoms with Crippen molar-refractivity contribution in [3.05, 3.63) is 60.3 Å². The Labute approximate surface area is 129 Å². The third kappa shape index (κ3) is 2.71. The van der Waals surface area contributed by atoms with Crippen molar-refractivity contribution in [1.29, 1.82) is 0 Å². The fraction of sp³-hybridized carbons (Fsp3) is 0.176. The highest BCUT2D eigenvalue weighted by molar-refractivity contribution is 5.64. The number of nitrogens with two attached hydrogens (primary N) is 1. The predicted octanol–water partition coefficient (Wildman–Crippen LogP) is 2.79. The Morgan fingerprint density at radius 2 is 1.77 bits per heavy atom. The van der Waals surface area contributed by atoms with Gasteiger partial charge in [-0.25, -0.2) is 4.68 Å². The van der Waals surface area contributed by atoms with Crippen molar-refractivity contribution in [1.82, 2.24) is 15.0 Å². The normalized spacial score (nSPS) is 10.6. The number of hydrogen-bond donors (Lipinski definition) is 1. The van der Waals surface area contributed by atoms with Crippen LogP contribution in [0.25, 0.3) is 16.9 Å². The van der Waals surface area contributed by atoms with Gasteiger partial charge < -0.3 is 10.5 Å². The topological polar surface area (TPSA) is 66.0 Å². The molecule has 1 heterocycles. The molecule has 5 heteroatoms. The lowest BCUT2D eigenvalue weighted by atomic mass is 10.1. The second-order valence-electron chi connectivity index (χ2n) is 4.79. The Morgan fingerprint density at radius 3 is 2.41 bits per heavy atom. The molecule has 0 saturated heterocycles. The molecule has 2 aromatic carbocycles. The van der Waals surface area contributed by atoms with Crippen LogP contribution in [0.4, 0.5) is 0 Å². The van der Waals surface area contributed by atoms with Crippen LogP contribution in [0.1, 0.15) is 12.6 Å². The molecular formula is C17H18N4O. The minimum Gasteiger partial charge on any atom is -0.494 e. The predicted molar refractivity (Wildman–Crippen MR) is 85.9 cm³/mol. The lowest BCUT2D eigenvalue weighted by Gasteiger charge is -2.09. The van der Waals surface area contributed by atoms with Crippen LogP contribution in [0.15, 0.2) is 54.6 Å². The third-order valence-corrected chi connectivity index (χ3v) is 3.37. The Hall–Kier alpha value is -2.66. The fourth-order valence-electron chi connectivity index (χ4n) is 2.37. The quantitative estimate of drug-likeness (QED) is 0.786. The zero-order valence-electron chi connectivity index (χ0n) is 12.4. The summed E-state index contributed by atoms with van der Waals surface area (Å²) in [6.07, 6.45) is 0. The lowest BCUT2D eigenvalue weighted by molar-refractivity contribution is 0.340. The maximum absolute atomic E-state index is 5.81. The Bertz CT molecular complexity index is 735. The van der Waals surface area contributed by atoms with Gasteiger partial charge in [0.2, 0.25) is 0 Å². The standard InChI is InChI=1S/C17H18N4O/c1-2-22-15-10-8-14(9-11-15)21-17(16(12-18)19-20-21)13-6-4-3-5-7-13/h3-11H,2,12,18H2,1H3. The summed E-state index contributed by atoms with van der Waals surface area (Å²) in [5.74, 6) is 0.840. The number of nitrogens with zero attached hydrogens (tertiary/aromatic N) is 3. The molecule has 0 spiro atoms. The molecule has 5 nitrogen and oxygen atoms in total. The van der Waals surface area contributed by atoms with Crippen LogP contribution < -0.4 is 10.5 Å². The monoisotopic (exact) mass is 294 g/mol. The van der Waals surface area contributed by atoms with Crippen LogP contribution in [-0.2, 0) is 6.54 Å². The average Bonchev–Trinajstić information content (AvgIpc) is 3.00. The number of hydrogen-bond acceptors (Lipinski definition) is 4. The molecule has 3 rings (SSSR count). The van der Waals surface area contributed by atoms with Gasteiger partial charge in [-0.2, -0.15) is 0 Å². The zero-order chi connectivity index (χ0) is 15.4. The van der Waals surface area contributed by atoms with Gasteiger partial charge in [-0.3, -0.25) is 0 Å². The number of ether oxygens (including phenoxy) is 1. The van der Waals surface area contributed by atoms with Crippen LogP contribution in [0, 0.1) is 0 Å². The second kappa shape index (κ2) is 6.41. The average molecular weight is 294 g/mol. The van der Waals surface area contributed by atoms with E-state index in [9.17, 15) is 0 Å². The summed E-state index contributed by atoms with van der Waals surface area (Å²) in [5.41, 5.74) is 9.48. The molecule has 0 aliphatic heterocycles. The first kappa shape index (κ1) is 14.3. The molecule has 0 aliphatic carbocycles. The molecule has 2 N–H and O–H groups in total. The molecular weight excluding hydrogens is 276 g/mol. The molecule has 0 unspecified atom stereocenters. The van der Waals surface area contributed by atoms with Gasteiger partial charge in [0.05, 0.1) is 18.0 Å². The summed E-state index contributed by atoms with van der Waals surface area (Å²) in [7, 11) is 0. The number of rotatable bonds is 5. The van der Waals surface area contributed by atoms with Crippen molar-refractivity contribution in [2.75, 3.05) is 6.61 Å². The molecule has 0 bridgehead atoms. The van der Waals surface area contributed by atoms with E-state index in [1.165, 1.54) is 0 Å². The summed E-state index contributed by atoms with van der Waals surface area (Å²) >= 11 is 0. The summed E-state index contributed by atoms with van der Waals surface area (Å²) in [4.78, 5) is 0. The third-order valence-electron chi connectivity index (χ3n) is 3.37. The van der Waals surface area contributed by atoms with Gasteiger partial charge in [0, 0.05) is 12.1 Å². The molecule has 22 heavy (non-hydrogen) atoms. The van der Waals surface area contributed by atoms with Crippen LogP contribution >= 0.6 is 0 Å². The Balaban J connectivity index is 2.06. The van der Waals surface area contributed by atoms with E-state index in [4.69, 9.17) is 10.5 Å². The molecule has 0 fully saturated rings. The summed E-state index contributed by atoms with van der Waals surface area (Å²) < 4.78 is 7.29. The van der Waals surface area contributed by atoms with E-state index in [2.05, 4.69) is 10.3 Å². The first-order valence-electron chi connectivity index (χ1n) is 7.26. The van der Waals surface area contributed by atoms with Crippen LogP contribution in [-0.4, -0.2) is 21.6 Å². The molecule has 0 aliphatic rings. The smallest absolute Gasteiger partial charge is 0.119 e. The first-order valence-corrected chi connectivity index (χ1v) is 7.26. The number of aromatic nitrogens is 3. The Morgan fingerprint density at radius 1 is 1.05 bits per heavy atom. The summed E-state index contributed by atoms with van der Waals surface area (Å²) in [6, 6.07) is 17.8. The fourth-order valence-corrected chi connectivity index (χ4v) is 2.37. The molecule has 0 saturated carbocycles. The minimum atomic E-state index is 0.348.